The minimum absolute atomic E-state index is 0.0252. The fraction of sp³-hybridized carbons (Fsp3) is 0.417. The second kappa shape index (κ2) is 5.78. The van der Waals surface area contributed by atoms with Gasteiger partial charge < -0.3 is 4.90 Å². The molecule has 1 heterocycles. The fourth-order valence-electron chi connectivity index (χ4n) is 1.78. The van der Waals surface area contributed by atoms with Gasteiger partial charge in [-0.3, -0.25) is 4.79 Å². The second-order valence-corrected chi connectivity index (χ2v) is 5.63. The van der Waals surface area contributed by atoms with Crippen molar-refractivity contribution in [2.45, 2.75) is 11.3 Å². The molecule has 1 aromatic rings. The first kappa shape index (κ1) is 12.8. The Hall–Kier alpha value is -0.680. The molecule has 5 heteroatoms. The molecular formula is C12H14FNOS2. The zero-order chi connectivity index (χ0) is 12.3. The number of hydrogen-bond donors (Lipinski definition) is 1. The van der Waals surface area contributed by atoms with Crippen LogP contribution in [-0.4, -0.2) is 35.4 Å². The highest BCUT2D eigenvalue weighted by Crippen LogP contribution is 2.17. The molecule has 1 aliphatic heterocycles. The van der Waals surface area contributed by atoms with Crippen molar-refractivity contribution < 1.29 is 9.18 Å². The van der Waals surface area contributed by atoms with E-state index in [0.717, 1.165) is 31.0 Å². The molecule has 0 unspecified atom stereocenters. The average molecular weight is 271 g/mol. The molecule has 0 saturated carbocycles. The molecule has 0 aliphatic carbocycles. The Morgan fingerprint density at radius 2 is 2.18 bits per heavy atom. The SMILES string of the molecule is O=C(c1ccc(F)c(S)c1)N1CCCSCC1. The van der Waals surface area contributed by atoms with Crippen molar-refractivity contribution >= 4 is 30.3 Å². The summed E-state index contributed by atoms with van der Waals surface area (Å²) in [5.41, 5.74) is 0.517. The second-order valence-electron chi connectivity index (χ2n) is 3.92. The highest BCUT2D eigenvalue weighted by Gasteiger charge is 2.17. The topological polar surface area (TPSA) is 20.3 Å². The smallest absolute Gasteiger partial charge is 0.253 e. The lowest BCUT2D eigenvalue weighted by atomic mass is 10.2. The molecule has 0 atom stereocenters. The molecule has 92 valence electrons. The number of thioether (sulfide) groups is 1. The maximum atomic E-state index is 13.1. The van der Waals surface area contributed by atoms with Crippen molar-refractivity contribution in [1.29, 1.82) is 0 Å². The van der Waals surface area contributed by atoms with Gasteiger partial charge in [0, 0.05) is 29.3 Å². The maximum Gasteiger partial charge on any atom is 0.253 e. The lowest BCUT2D eigenvalue weighted by Crippen LogP contribution is -2.32. The summed E-state index contributed by atoms with van der Waals surface area (Å²) in [6.45, 7) is 1.55. The summed E-state index contributed by atoms with van der Waals surface area (Å²) >= 11 is 5.87. The summed E-state index contributed by atoms with van der Waals surface area (Å²) in [7, 11) is 0. The van der Waals surface area contributed by atoms with E-state index in [-0.39, 0.29) is 10.8 Å². The number of thiol groups is 1. The van der Waals surface area contributed by atoms with Gasteiger partial charge in [0.15, 0.2) is 0 Å². The predicted molar refractivity (Wildman–Crippen MR) is 71.5 cm³/mol. The summed E-state index contributed by atoms with van der Waals surface area (Å²) in [6, 6.07) is 4.32. The highest BCUT2D eigenvalue weighted by atomic mass is 32.2. The predicted octanol–water partition coefficient (Wildman–Crippen LogP) is 2.69. The number of nitrogens with zero attached hydrogens (tertiary/aromatic N) is 1. The van der Waals surface area contributed by atoms with Crippen LogP contribution in [-0.2, 0) is 0 Å². The monoisotopic (exact) mass is 271 g/mol. The number of rotatable bonds is 1. The first-order valence-corrected chi connectivity index (χ1v) is 7.14. The average Bonchev–Trinajstić information content (AvgIpc) is 2.60. The molecule has 1 aliphatic rings. The van der Waals surface area contributed by atoms with Gasteiger partial charge in [0.05, 0.1) is 0 Å². The van der Waals surface area contributed by atoms with E-state index in [1.807, 2.05) is 16.7 Å². The Morgan fingerprint density at radius 1 is 1.35 bits per heavy atom. The Balaban J connectivity index is 2.14. The van der Waals surface area contributed by atoms with Gasteiger partial charge in [0.2, 0.25) is 0 Å². The normalized spacial score (nSPS) is 16.7. The summed E-state index contributed by atoms with van der Waals surface area (Å²) < 4.78 is 13.1. The molecule has 1 saturated heterocycles. The van der Waals surface area contributed by atoms with Crippen molar-refractivity contribution in [2.24, 2.45) is 0 Å². The van der Waals surface area contributed by atoms with E-state index < -0.39 is 5.82 Å². The Morgan fingerprint density at radius 3 is 2.94 bits per heavy atom. The van der Waals surface area contributed by atoms with E-state index in [0.29, 0.717) is 5.56 Å². The van der Waals surface area contributed by atoms with Crippen LogP contribution in [0.5, 0.6) is 0 Å². The van der Waals surface area contributed by atoms with Gasteiger partial charge in [-0.1, -0.05) is 0 Å². The van der Waals surface area contributed by atoms with E-state index in [9.17, 15) is 9.18 Å². The number of hydrogen-bond acceptors (Lipinski definition) is 3. The van der Waals surface area contributed by atoms with E-state index in [4.69, 9.17) is 0 Å². The minimum Gasteiger partial charge on any atom is -0.338 e. The Bertz CT molecular complexity index is 417. The molecule has 0 spiro atoms. The zero-order valence-corrected chi connectivity index (χ0v) is 11.1. The molecule has 17 heavy (non-hydrogen) atoms. The van der Waals surface area contributed by atoms with Gasteiger partial charge in [0.25, 0.3) is 5.91 Å². The molecule has 1 aromatic carbocycles. The minimum atomic E-state index is -0.392. The van der Waals surface area contributed by atoms with Crippen molar-refractivity contribution in [3.05, 3.63) is 29.6 Å². The van der Waals surface area contributed by atoms with Gasteiger partial charge >= 0.3 is 0 Å². The third-order valence-electron chi connectivity index (χ3n) is 2.70. The Kier molecular flexibility index (Phi) is 4.34. The van der Waals surface area contributed by atoms with Crippen LogP contribution >= 0.6 is 24.4 Å². The summed E-state index contributed by atoms with van der Waals surface area (Å²) in [5.74, 6) is 1.66. The maximum absolute atomic E-state index is 13.1. The third-order valence-corrected chi connectivity index (χ3v) is 4.09. The van der Waals surface area contributed by atoms with E-state index >= 15 is 0 Å². The van der Waals surface area contributed by atoms with Crippen LogP contribution in [0.4, 0.5) is 4.39 Å². The van der Waals surface area contributed by atoms with Crippen LogP contribution in [0.2, 0.25) is 0 Å². The van der Waals surface area contributed by atoms with Crippen LogP contribution < -0.4 is 0 Å². The Labute approximate surface area is 110 Å². The third kappa shape index (κ3) is 3.16. The largest absolute Gasteiger partial charge is 0.338 e. The summed E-state index contributed by atoms with van der Waals surface area (Å²) in [4.78, 5) is 14.2. The fourth-order valence-corrected chi connectivity index (χ4v) is 2.88. The lowest BCUT2D eigenvalue weighted by molar-refractivity contribution is 0.0768. The van der Waals surface area contributed by atoms with Crippen molar-refractivity contribution in [3.8, 4) is 0 Å². The van der Waals surface area contributed by atoms with Gasteiger partial charge in [-0.25, -0.2) is 4.39 Å². The molecule has 0 bridgehead atoms. The molecule has 1 fully saturated rings. The van der Waals surface area contributed by atoms with E-state index in [1.165, 1.54) is 18.2 Å². The van der Waals surface area contributed by atoms with Gasteiger partial charge in [-0.05, 0) is 30.4 Å². The van der Waals surface area contributed by atoms with Crippen LogP contribution in [0.25, 0.3) is 0 Å². The van der Waals surface area contributed by atoms with Gasteiger partial charge in [0.1, 0.15) is 5.82 Å². The number of amides is 1. The molecule has 0 aromatic heterocycles. The number of benzene rings is 1. The molecular weight excluding hydrogens is 257 g/mol. The molecule has 0 N–H and O–H groups in total. The summed E-state index contributed by atoms with van der Waals surface area (Å²) in [5, 5.41) is 0. The van der Waals surface area contributed by atoms with Crippen molar-refractivity contribution in [3.63, 3.8) is 0 Å². The number of halogens is 1. The highest BCUT2D eigenvalue weighted by molar-refractivity contribution is 7.99. The van der Waals surface area contributed by atoms with Crippen LogP contribution in [0.1, 0.15) is 16.8 Å². The number of carbonyl (C=O) groups excluding carboxylic acids is 1. The lowest BCUT2D eigenvalue weighted by Gasteiger charge is -2.20. The van der Waals surface area contributed by atoms with Gasteiger partial charge in [-0.15, -0.1) is 12.6 Å². The van der Waals surface area contributed by atoms with Crippen molar-refractivity contribution in [1.82, 2.24) is 4.90 Å². The molecule has 1 amide bonds. The summed E-state index contributed by atoms with van der Waals surface area (Å²) in [6.07, 6.45) is 1.02. The first-order chi connectivity index (χ1) is 8.18. The number of carbonyl (C=O) groups is 1. The zero-order valence-electron chi connectivity index (χ0n) is 9.36. The molecule has 0 radical (unpaired) electrons. The van der Waals surface area contributed by atoms with E-state index in [2.05, 4.69) is 12.6 Å². The van der Waals surface area contributed by atoms with Crippen LogP contribution in [0.3, 0.4) is 0 Å². The van der Waals surface area contributed by atoms with Gasteiger partial charge in [-0.2, -0.15) is 11.8 Å². The van der Waals surface area contributed by atoms with E-state index in [1.54, 1.807) is 0 Å². The quantitative estimate of drug-likeness (QED) is 0.793. The molecule has 2 nitrogen and oxygen atoms in total. The van der Waals surface area contributed by atoms with Crippen molar-refractivity contribution in [2.75, 3.05) is 24.6 Å². The first-order valence-electron chi connectivity index (χ1n) is 5.54. The standard InChI is InChI=1S/C12H14FNOS2/c13-10-3-2-9(8-11(10)16)12(15)14-4-1-6-17-7-5-14/h2-3,8,16H,1,4-7H2. The van der Waals surface area contributed by atoms with Crippen LogP contribution in [0.15, 0.2) is 23.1 Å². The molecule has 2 rings (SSSR count). The van der Waals surface area contributed by atoms with Crippen LogP contribution in [0, 0.1) is 5.82 Å².